The molecule has 0 radical (unpaired) electrons. The van der Waals surface area contributed by atoms with Gasteiger partial charge in [0.25, 0.3) is 0 Å². The van der Waals surface area contributed by atoms with Crippen LogP contribution in [0.15, 0.2) is 18.2 Å². The van der Waals surface area contributed by atoms with Crippen molar-refractivity contribution in [1.29, 1.82) is 0 Å². The summed E-state index contributed by atoms with van der Waals surface area (Å²) in [5.41, 5.74) is 2.45. The minimum absolute atomic E-state index is 0.133. The van der Waals surface area contributed by atoms with Crippen molar-refractivity contribution in [2.24, 2.45) is 5.92 Å². The van der Waals surface area contributed by atoms with Crippen molar-refractivity contribution in [2.45, 2.75) is 39.2 Å². The summed E-state index contributed by atoms with van der Waals surface area (Å²) < 4.78 is 0. The van der Waals surface area contributed by atoms with E-state index in [-0.39, 0.29) is 24.3 Å². The largest absolute Gasteiger partial charge is 0.324 e. The van der Waals surface area contributed by atoms with Crippen molar-refractivity contribution in [3.63, 3.8) is 0 Å². The zero-order valence-electron chi connectivity index (χ0n) is 12.8. The highest BCUT2D eigenvalue weighted by Gasteiger charge is 2.21. The number of carbonyl (C=O) groups excluding carboxylic acids is 2. The highest BCUT2D eigenvalue weighted by Crippen LogP contribution is 2.32. The molecule has 1 aromatic carbocycles. The summed E-state index contributed by atoms with van der Waals surface area (Å²) in [6.07, 6.45) is 2.13. The molecule has 5 heteroatoms. The molecule has 2 atom stereocenters. The summed E-state index contributed by atoms with van der Waals surface area (Å²) >= 11 is 0. The molecular weight excluding hydrogens is 266 g/mol. The van der Waals surface area contributed by atoms with E-state index in [1.807, 2.05) is 25.2 Å². The molecule has 0 bridgehead atoms. The number of fused-ring (bicyclic) bond motifs is 1. The first-order chi connectivity index (χ1) is 10.0. The highest BCUT2D eigenvalue weighted by molar-refractivity contribution is 6.13. The summed E-state index contributed by atoms with van der Waals surface area (Å²) in [6, 6.07) is 6.04. The average molecular weight is 289 g/mol. The van der Waals surface area contributed by atoms with Gasteiger partial charge < -0.3 is 16.0 Å². The van der Waals surface area contributed by atoms with Gasteiger partial charge in [0.05, 0.1) is 11.4 Å². The second-order valence-corrected chi connectivity index (χ2v) is 5.61. The van der Waals surface area contributed by atoms with Gasteiger partial charge in [0.1, 0.15) is 6.42 Å². The van der Waals surface area contributed by atoms with Gasteiger partial charge in [-0.15, -0.1) is 0 Å². The molecule has 114 valence electrons. The smallest absolute Gasteiger partial charge is 0.233 e. The van der Waals surface area contributed by atoms with Crippen LogP contribution in [0, 0.1) is 5.92 Å². The van der Waals surface area contributed by atoms with E-state index in [0.717, 1.165) is 18.4 Å². The Bertz CT molecular complexity index is 542. The van der Waals surface area contributed by atoms with Gasteiger partial charge in [-0.25, -0.2) is 0 Å². The lowest BCUT2D eigenvalue weighted by atomic mass is 9.90. The molecule has 1 heterocycles. The van der Waals surface area contributed by atoms with E-state index < -0.39 is 0 Å². The van der Waals surface area contributed by atoms with Crippen LogP contribution in [-0.2, 0) is 9.59 Å². The van der Waals surface area contributed by atoms with Crippen LogP contribution in [0.25, 0.3) is 0 Å². The van der Waals surface area contributed by atoms with E-state index in [4.69, 9.17) is 0 Å². The second kappa shape index (κ2) is 6.72. The normalized spacial score (nSPS) is 17.3. The zero-order chi connectivity index (χ0) is 15.4. The van der Waals surface area contributed by atoms with E-state index in [0.29, 0.717) is 17.3 Å². The first-order valence-corrected chi connectivity index (χ1v) is 7.46. The van der Waals surface area contributed by atoms with Crippen molar-refractivity contribution in [3.05, 3.63) is 23.8 Å². The average Bonchev–Trinajstić information content (AvgIpc) is 2.56. The number of amides is 2. The van der Waals surface area contributed by atoms with Crippen LogP contribution in [0.1, 0.15) is 44.7 Å². The number of benzene rings is 1. The van der Waals surface area contributed by atoms with Gasteiger partial charge >= 0.3 is 0 Å². The topological polar surface area (TPSA) is 70.2 Å². The van der Waals surface area contributed by atoms with Crippen molar-refractivity contribution in [1.82, 2.24) is 5.32 Å². The molecule has 2 unspecified atom stereocenters. The summed E-state index contributed by atoms with van der Waals surface area (Å²) in [5.74, 6) is -0.0522. The predicted octanol–water partition coefficient (Wildman–Crippen LogP) is 2.66. The van der Waals surface area contributed by atoms with Crippen molar-refractivity contribution >= 4 is 23.2 Å². The second-order valence-electron chi connectivity index (χ2n) is 5.61. The van der Waals surface area contributed by atoms with E-state index in [1.54, 1.807) is 0 Å². The Hall–Kier alpha value is -1.88. The Balaban J connectivity index is 2.31. The lowest BCUT2D eigenvalue weighted by molar-refractivity contribution is -0.123. The van der Waals surface area contributed by atoms with Gasteiger partial charge in [-0.1, -0.05) is 26.3 Å². The fraction of sp³-hybridized carbons (Fsp3) is 0.500. The summed E-state index contributed by atoms with van der Waals surface area (Å²) in [7, 11) is 1.95. The maximum absolute atomic E-state index is 11.7. The minimum Gasteiger partial charge on any atom is -0.324 e. The van der Waals surface area contributed by atoms with Crippen molar-refractivity contribution < 1.29 is 9.59 Å². The SMILES string of the molecule is CCCC(C)C(NC)c1ccc2c(c1)NC(=O)CC(=O)N2. The number of nitrogens with one attached hydrogen (secondary N) is 3. The summed E-state index contributed by atoms with van der Waals surface area (Å²) in [5, 5.41) is 8.89. The predicted molar refractivity (Wildman–Crippen MR) is 84.2 cm³/mol. The molecule has 0 saturated carbocycles. The molecule has 0 aromatic heterocycles. The Kier molecular flexibility index (Phi) is 4.96. The van der Waals surface area contributed by atoms with Crippen LogP contribution >= 0.6 is 0 Å². The molecule has 0 aliphatic carbocycles. The fourth-order valence-corrected chi connectivity index (χ4v) is 2.90. The summed E-state index contributed by atoms with van der Waals surface area (Å²) in [6.45, 7) is 4.40. The molecule has 5 nitrogen and oxygen atoms in total. The Labute approximate surface area is 125 Å². The molecule has 2 rings (SSSR count). The molecule has 1 aromatic rings. The molecule has 0 saturated heterocycles. The third-order valence-electron chi connectivity index (χ3n) is 3.90. The van der Waals surface area contributed by atoms with Crippen molar-refractivity contribution in [2.75, 3.05) is 17.7 Å². The fourth-order valence-electron chi connectivity index (χ4n) is 2.90. The standard InChI is InChI=1S/C16H23N3O2/c1-4-5-10(2)16(17-3)11-6-7-12-13(8-11)19-15(21)9-14(20)18-12/h6-8,10,16-17H,4-5,9H2,1-3H3,(H,18,20)(H,19,21). The van der Waals surface area contributed by atoms with Crippen molar-refractivity contribution in [3.8, 4) is 0 Å². The third-order valence-corrected chi connectivity index (χ3v) is 3.90. The molecular formula is C16H23N3O2. The molecule has 3 N–H and O–H groups in total. The molecule has 0 fully saturated rings. The highest BCUT2D eigenvalue weighted by atomic mass is 16.2. The monoisotopic (exact) mass is 289 g/mol. The van der Waals surface area contributed by atoms with Crippen LogP contribution < -0.4 is 16.0 Å². The number of hydrogen-bond acceptors (Lipinski definition) is 3. The van der Waals surface area contributed by atoms with Crippen LogP contribution in [0.5, 0.6) is 0 Å². The molecule has 1 aliphatic rings. The number of carbonyl (C=O) groups is 2. The quantitative estimate of drug-likeness (QED) is 0.730. The Morgan fingerprint density at radius 3 is 2.48 bits per heavy atom. The number of anilines is 2. The molecule has 1 aliphatic heterocycles. The van der Waals surface area contributed by atoms with E-state index >= 15 is 0 Å². The van der Waals surface area contributed by atoms with Crippen LogP contribution in [0.3, 0.4) is 0 Å². The number of rotatable bonds is 5. The van der Waals surface area contributed by atoms with Crippen LogP contribution in [-0.4, -0.2) is 18.9 Å². The van der Waals surface area contributed by atoms with Crippen LogP contribution in [0.2, 0.25) is 0 Å². The van der Waals surface area contributed by atoms with E-state index in [2.05, 4.69) is 29.8 Å². The zero-order valence-corrected chi connectivity index (χ0v) is 12.8. The summed E-state index contributed by atoms with van der Waals surface area (Å²) in [4.78, 5) is 23.2. The first-order valence-electron chi connectivity index (χ1n) is 7.46. The lowest BCUT2D eigenvalue weighted by Gasteiger charge is -2.24. The molecule has 0 spiro atoms. The Morgan fingerprint density at radius 1 is 1.19 bits per heavy atom. The van der Waals surface area contributed by atoms with E-state index in [1.165, 1.54) is 0 Å². The van der Waals surface area contributed by atoms with Gasteiger partial charge in [0, 0.05) is 6.04 Å². The van der Waals surface area contributed by atoms with Crippen LogP contribution in [0.4, 0.5) is 11.4 Å². The Morgan fingerprint density at radius 2 is 1.86 bits per heavy atom. The van der Waals surface area contributed by atoms with Gasteiger partial charge in [-0.3, -0.25) is 9.59 Å². The number of hydrogen-bond donors (Lipinski definition) is 3. The van der Waals surface area contributed by atoms with Gasteiger partial charge in [-0.2, -0.15) is 0 Å². The molecule has 21 heavy (non-hydrogen) atoms. The maximum atomic E-state index is 11.7. The van der Waals surface area contributed by atoms with Gasteiger partial charge in [-0.05, 0) is 37.1 Å². The lowest BCUT2D eigenvalue weighted by Crippen LogP contribution is -2.23. The van der Waals surface area contributed by atoms with Gasteiger partial charge in [0.2, 0.25) is 11.8 Å². The van der Waals surface area contributed by atoms with E-state index in [9.17, 15) is 9.59 Å². The molecule has 2 amide bonds. The third kappa shape index (κ3) is 3.61. The first kappa shape index (κ1) is 15.5. The minimum atomic E-state index is -0.275. The maximum Gasteiger partial charge on any atom is 0.233 e. The van der Waals surface area contributed by atoms with Gasteiger partial charge in [0.15, 0.2) is 0 Å².